The second-order valence-corrected chi connectivity index (χ2v) is 13.3. The van der Waals surface area contributed by atoms with Gasteiger partial charge in [0.25, 0.3) is 0 Å². The minimum Gasteiger partial charge on any atom is -0.326 e. The number of carbonyl (C=O) groups is 1. The summed E-state index contributed by atoms with van der Waals surface area (Å²) in [7, 11) is 0. The third-order valence-corrected chi connectivity index (χ3v) is 9.67. The van der Waals surface area contributed by atoms with Crippen LogP contribution >= 0.6 is 0 Å². The Bertz CT molecular complexity index is 2840. The van der Waals surface area contributed by atoms with Crippen molar-refractivity contribution in [1.82, 2.24) is 19.1 Å². The molecule has 0 atom stereocenters. The molecule has 10 rings (SSSR count). The molecule has 0 saturated heterocycles. The summed E-state index contributed by atoms with van der Waals surface area (Å²) in [6, 6.07) is 65.2. The van der Waals surface area contributed by atoms with Crippen LogP contribution < -0.4 is 5.73 Å². The molecule has 0 bridgehead atoms. The van der Waals surface area contributed by atoms with E-state index in [0.29, 0.717) is 18.8 Å². The summed E-state index contributed by atoms with van der Waals surface area (Å²) in [6.07, 6.45) is 2.63. The lowest BCUT2D eigenvalue weighted by atomic mass is 10.2. The standard InChI is InChI=1S/C25H19N3.C18H12N2O.C7H9N.2CH4/c1-2-9-19(10-3-1)17-26-18-20-11-8-16-25(27-20)28-23-14-6-4-12-21(23)22-13-5-7-15-24(22)28;21-12-13-6-5-11-18(19-13)20-16-9-3-1-7-14(16)15-8-2-4-10-17(15)20;8-6-7-4-2-1-3-5-7;;/h1-16,18H,17H2;1-12H;1-5H,6,8H2;2*1H4. The van der Waals surface area contributed by atoms with Crippen LogP contribution in [0.5, 0.6) is 0 Å². The lowest BCUT2D eigenvalue weighted by Gasteiger charge is -2.07. The van der Waals surface area contributed by atoms with Crippen LogP contribution in [0.2, 0.25) is 0 Å². The Balaban J connectivity index is 0.000000166. The molecule has 0 fully saturated rings. The number of aromatic nitrogens is 4. The number of fused-ring (bicyclic) bond motifs is 6. The Kier molecular flexibility index (Phi) is 13.7. The monoisotopic (exact) mass is 772 g/mol. The maximum absolute atomic E-state index is 11.0. The molecule has 59 heavy (non-hydrogen) atoms. The van der Waals surface area contributed by atoms with E-state index in [1.54, 1.807) is 6.07 Å². The van der Waals surface area contributed by atoms with Crippen molar-refractivity contribution >= 4 is 56.1 Å². The number of aldehydes is 1. The first-order chi connectivity index (χ1) is 28.2. The predicted molar refractivity (Wildman–Crippen MR) is 248 cm³/mol. The van der Waals surface area contributed by atoms with E-state index in [-0.39, 0.29) is 14.9 Å². The molecule has 7 nitrogen and oxygen atoms in total. The molecular weight excluding hydrogens is 725 g/mol. The van der Waals surface area contributed by atoms with Gasteiger partial charge in [-0.15, -0.1) is 0 Å². The zero-order chi connectivity index (χ0) is 38.8. The van der Waals surface area contributed by atoms with Crippen LogP contribution in [-0.4, -0.2) is 31.6 Å². The molecule has 0 amide bonds. The first kappa shape index (κ1) is 41.2. The van der Waals surface area contributed by atoms with Crippen molar-refractivity contribution in [3.63, 3.8) is 0 Å². The fraction of sp³-hybridized carbons (Fsp3) is 0.0769. The second kappa shape index (κ2) is 19.6. The van der Waals surface area contributed by atoms with Gasteiger partial charge in [-0.3, -0.25) is 18.9 Å². The highest BCUT2D eigenvalue weighted by molar-refractivity contribution is 6.10. The second-order valence-electron chi connectivity index (χ2n) is 13.3. The largest absolute Gasteiger partial charge is 0.326 e. The number of hydrogen-bond donors (Lipinski definition) is 1. The Morgan fingerprint density at radius 1 is 0.441 bits per heavy atom. The van der Waals surface area contributed by atoms with E-state index >= 15 is 0 Å². The number of pyridine rings is 2. The fourth-order valence-corrected chi connectivity index (χ4v) is 7.05. The topological polar surface area (TPSA) is 91.1 Å². The van der Waals surface area contributed by atoms with Gasteiger partial charge in [-0.25, -0.2) is 9.97 Å². The number of nitrogens with two attached hydrogens (primary N) is 1. The molecule has 10 aromatic rings. The fourth-order valence-electron chi connectivity index (χ4n) is 7.05. The zero-order valence-electron chi connectivity index (χ0n) is 31.3. The Morgan fingerprint density at radius 2 is 0.814 bits per heavy atom. The molecule has 0 radical (unpaired) electrons. The number of hydrogen-bond acceptors (Lipinski definition) is 5. The van der Waals surface area contributed by atoms with Crippen molar-refractivity contribution in [2.75, 3.05) is 0 Å². The molecule has 0 spiro atoms. The molecule has 292 valence electrons. The number of para-hydroxylation sites is 4. The number of nitrogens with zero attached hydrogens (tertiary/aromatic N) is 5. The zero-order valence-corrected chi connectivity index (χ0v) is 31.3. The highest BCUT2D eigenvalue weighted by Crippen LogP contribution is 2.32. The molecule has 6 aromatic carbocycles. The van der Waals surface area contributed by atoms with E-state index in [4.69, 9.17) is 10.7 Å². The van der Waals surface area contributed by atoms with Gasteiger partial charge in [-0.05, 0) is 59.7 Å². The quantitative estimate of drug-likeness (QED) is 0.129. The summed E-state index contributed by atoms with van der Waals surface area (Å²) >= 11 is 0. The molecule has 7 heteroatoms. The van der Waals surface area contributed by atoms with Gasteiger partial charge in [-0.1, -0.05) is 160 Å². The van der Waals surface area contributed by atoms with Crippen LogP contribution in [0.4, 0.5) is 0 Å². The Morgan fingerprint density at radius 3 is 1.22 bits per heavy atom. The van der Waals surface area contributed by atoms with Crippen LogP contribution in [0.3, 0.4) is 0 Å². The molecule has 4 heterocycles. The molecule has 4 aromatic heterocycles. The average Bonchev–Trinajstić information content (AvgIpc) is 3.81. The van der Waals surface area contributed by atoms with Crippen LogP contribution in [-0.2, 0) is 13.1 Å². The summed E-state index contributed by atoms with van der Waals surface area (Å²) in [6.45, 7) is 1.29. The summed E-state index contributed by atoms with van der Waals surface area (Å²) in [4.78, 5) is 24.8. The lowest BCUT2D eigenvalue weighted by molar-refractivity contribution is 0.111. The third kappa shape index (κ3) is 9.07. The Hall–Kier alpha value is -7.48. The van der Waals surface area contributed by atoms with E-state index in [9.17, 15) is 4.79 Å². The average molecular weight is 773 g/mol. The molecule has 0 aliphatic heterocycles. The van der Waals surface area contributed by atoms with E-state index < -0.39 is 0 Å². The molecule has 0 unspecified atom stereocenters. The molecule has 0 aliphatic rings. The van der Waals surface area contributed by atoms with E-state index in [1.165, 1.54) is 32.7 Å². The van der Waals surface area contributed by atoms with Gasteiger partial charge in [0.15, 0.2) is 6.29 Å². The molecule has 0 aliphatic carbocycles. The minimum absolute atomic E-state index is 0. The first-order valence-electron chi connectivity index (χ1n) is 18.9. The summed E-state index contributed by atoms with van der Waals surface area (Å²) in [5.74, 6) is 1.66. The van der Waals surface area contributed by atoms with Gasteiger partial charge in [0.1, 0.15) is 17.3 Å². The van der Waals surface area contributed by atoms with Crippen LogP contribution in [0.15, 0.2) is 199 Å². The van der Waals surface area contributed by atoms with Crippen LogP contribution in [0.1, 0.15) is 42.2 Å². The summed E-state index contributed by atoms with van der Waals surface area (Å²) < 4.78 is 4.32. The number of benzene rings is 6. The number of rotatable bonds is 7. The van der Waals surface area contributed by atoms with E-state index in [0.717, 1.165) is 45.7 Å². The van der Waals surface area contributed by atoms with Gasteiger partial charge < -0.3 is 5.73 Å². The van der Waals surface area contributed by atoms with Crippen molar-refractivity contribution in [2.45, 2.75) is 27.9 Å². The van der Waals surface area contributed by atoms with Crippen molar-refractivity contribution in [1.29, 1.82) is 0 Å². The molecule has 2 N–H and O–H groups in total. The maximum Gasteiger partial charge on any atom is 0.168 e. The maximum atomic E-state index is 11.0. The van der Waals surface area contributed by atoms with Gasteiger partial charge >= 0.3 is 0 Å². The van der Waals surface area contributed by atoms with Crippen LogP contribution in [0, 0.1) is 0 Å². The normalized spacial score (nSPS) is 10.7. The molecule has 0 saturated carbocycles. The SMILES string of the molecule is C.C.C(=NCc1ccccc1)c1cccc(-n2c3ccccc3c3ccccc32)n1.NCc1ccccc1.O=Cc1cccc(-n2c3ccccc3c3ccccc32)n1. The van der Waals surface area contributed by atoms with E-state index in [2.05, 4.69) is 104 Å². The molecular formula is C52H48N6O. The van der Waals surface area contributed by atoms with Gasteiger partial charge in [-0.2, -0.15) is 0 Å². The minimum atomic E-state index is 0. The van der Waals surface area contributed by atoms with Gasteiger partial charge in [0, 0.05) is 34.3 Å². The highest BCUT2D eigenvalue weighted by atomic mass is 16.1. The van der Waals surface area contributed by atoms with Crippen molar-refractivity contribution in [2.24, 2.45) is 10.7 Å². The van der Waals surface area contributed by atoms with Crippen molar-refractivity contribution < 1.29 is 4.79 Å². The smallest absolute Gasteiger partial charge is 0.168 e. The van der Waals surface area contributed by atoms with Crippen LogP contribution in [0.25, 0.3) is 55.2 Å². The van der Waals surface area contributed by atoms with Crippen molar-refractivity contribution in [3.8, 4) is 11.6 Å². The summed E-state index contributed by atoms with van der Waals surface area (Å²) in [5, 5.41) is 4.85. The number of aliphatic imine (C=N–C) groups is 1. The third-order valence-electron chi connectivity index (χ3n) is 9.67. The number of carbonyl (C=O) groups excluding carboxylic acids is 1. The van der Waals surface area contributed by atoms with E-state index in [1.807, 2.05) is 109 Å². The lowest BCUT2D eigenvalue weighted by Crippen LogP contribution is -1.99. The first-order valence-corrected chi connectivity index (χ1v) is 18.9. The van der Waals surface area contributed by atoms with Crippen molar-refractivity contribution in [3.05, 3.63) is 217 Å². The predicted octanol–water partition coefficient (Wildman–Crippen LogP) is 12.2. The van der Waals surface area contributed by atoms with Gasteiger partial charge in [0.2, 0.25) is 0 Å². The van der Waals surface area contributed by atoms with Gasteiger partial charge in [0.05, 0.1) is 34.3 Å². The highest BCUT2D eigenvalue weighted by Gasteiger charge is 2.13. The summed E-state index contributed by atoms with van der Waals surface area (Å²) in [5.41, 5.74) is 13.5. The Labute approximate surface area is 345 Å².